The van der Waals surface area contributed by atoms with Crippen LogP contribution in [0, 0.1) is 5.92 Å². The third-order valence-electron chi connectivity index (χ3n) is 4.28. The van der Waals surface area contributed by atoms with E-state index in [1.165, 1.54) is 12.8 Å². The summed E-state index contributed by atoms with van der Waals surface area (Å²) in [6, 6.07) is 5.88. The number of ether oxygens (including phenoxy) is 1. The van der Waals surface area contributed by atoms with Crippen LogP contribution in [0.3, 0.4) is 0 Å². The van der Waals surface area contributed by atoms with Gasteiger partial charge >= 0.3 is 0 Å². The van der Waals surface area contributed by atoms with E-state index >= 15 is 0 Å². The van der Waals surface area contributed by atoms with Crippen molar-refractivity contribution in [1.82, 2.24) is 25.0 Å². The van der Waals surface area contributed by atoms with Gasteiger partial charge in [0.15, 0.2) is 11.8 Å². The van der Waals surface area contributed by atoms with Gasteiger partial charge in [-0.25, -0.2) is 14.7 Å². The van der Waals surface area contributed by atoms with Crippen molar-refractivity contribution in [2.45, 2.75) is 26.3 Å². The molecule has 0 spiro atoms. The summed E-state index contributed by atoms with van der Waals surface area (Å²) in [5.41, 5.74) is 1.10. The van der Waals surface area contributed by atoms with E-state index in [-0.39, 0.29) is 24.0 Å². The van der Waals surface area contributed by atoms with E-state index in [2.05, 4.69) is 27.2 Å². The van der Waals surface area contributed by atoms with Gasteiger partial charge in [0.2, 0.25) is 0 Å². The number of nitrogens with zero attached hydrogens (tertiary/aromatic N) is 5. The largest absolute Gasteiger partial charge is 0.379 e. The van der Waals surface area contributed by atoms with Crippen LogP contribution in [0.15, 0.2) is 41.8 Å². The van der Waals surface area contributed by atoms with Gasteiger partial charge in [0.25, 0.3) is 0 Å². The van der Waals surface area contributed by atoms with Crippen molar-refractivity contribution in [3.05, 3.63) is 42.4 Å². The Morgan fingerprint density at radius 2 is 2.26 bits per heavy atom. The average Bonchev–Trinajstić information content (AvgIpc) is 3.32. The Balaban J connectivity index is 0.00000261. The minimum atomic E-state index is 0. The van der Waals surface area contributed by atoms with Gasteiger partial charge in [-0.1, -0.05) is 0 Å². The lowest BCUT2D eigenvalue weighted by Crippen LogP contribution is -2.40. The van der Waals surface area contributed by atoms with Crippen molar-refractivity contribution in [3.63, 3.8) is 0 Å². The maximum atomic E-state index is 5.73. The van der Waals surface area contributed by atoms with Crippen LogP contribution >= 0.6 is 24.0 Å². The predicted molar refractivity (Wildman–Crippen MR) is 118 cm³/mol. The Morgan fingerprint density at radius 1 is 1.41 bits per heavy atom. The fourth-order valence-corrected chi connectivity index (χ4v) is 2.57. The first-order valence-electron chi connectivity index (χ1n) is 9.28. The molecule has 1 aliphatic rings. The Bertz CT molecular complexity index is 702. The maximum absolute atomic E-state index is 5.73. The third kappa shape index (κ3) is 7.10. The number of likely N-dealkylation sites (N-methyl/N-ethyl adjacent to an activating group) is 1. The highest BCUT2D eigenvalue weighted by atomic mass is 127. The van der Waals surface area contributed by atoms with Crippen LogP contribution in [0.1, 0.15) is 25.3 Å². The molecule has 2 heterocycles. The molecule has 0 radical (unpaired) electrons. The first-order chi connectivity index (χ1) is 12.8. The summed E-state index contributed by atoms with van der Waals surface area (Å²) in [5.74, 6) is 2.49. The van der Waals surface area contributed by atoms with Crippen LogP contribution in [0.2, 0.25) is 0 Å². The fourth-order valence-electron chi connectivity index (χ4n) is 2.57. The zero-order chi connectivity index (χ0) is 18.2. The van der Waals surface area contributed by atoms with E-state index in [0.717, 1.165) is 49.6 Å². The van der Waals surface area contributed by atoms with Gasteiger partial charge in [0, 0.05) is 45.3 Å². The number of hydrogen-bond donors (Lipinski definition) is 1. The molecule has 1 saturated carbocycles. The second-order valence-corrected chi connectivity index (χ2v) is 6.58. The topological polar surface area (TPSA) is 67.6 Å². The van der Waals surface area contributed by atoms with E-state index < -0.39 is 0 Å². The lowest BCUT2D eigenvalue weighted by Gasteiger charge is -2.22. The van der Waals surface area contributed by atoms with Gasteiger partial charge in [-0.15, -0.1) is 24.0 Å². The Labute approximate surface area is 178 Å². The second-order valence-electron chi connectivity index (χ2n) is 6.58. The molecule has 0 atom stereocenters. The summed E-state index contributed by atoms with van der Waals surface area (Å²) in [6.45, 7) is 5.96. The molecule has 1 N–H and O–H groups in total. The van der Waals surface area contributed by atoms with Crippen molar-refractivity contribution in [1.29, 1.82) is 0 Å². The van der Waals surface area contributed by atoms with Crippen LogP contribution in [0.4, 0.5) is 0 Å². The number of halogens is 1. The van der Waals surface area contributed by atoms with Gasteiger partial charge in [-0.2, -0.15) is 5.10 Å². The van der Waals surface area contributed by atoms with Crippen molar-refractivity contribution in [2.24, 2.45) is 10.9 Å². The lowest BCUT2D eigenvalue weighted by atomic mass is 10.2. The van der Waals surface area contributed by atoms with Crippen molar-refractivity contribution in [2.75, 3.05) is 33.4 Å². The van der Waals surface area contributed by atoms with Crippen LogP contribution < -0.4 is 5.32 Å². The highest BCUT2D eigenvalue weighted by molar-refractivity contribution is 14.0. The number of hydrogen-bond acceptors (Lipinski definition) is 4. The number of guanidine groups is 1. The summed E-state index contributed by atoms with van der Waals surface area (Å²) >= 11 is 0. The molecular formula is C19H29IN6O. The standard InChI is InChI=1S/C19H28N6O.HI/c1-3-20-19(24(2)11-12-26-15-16-5-6-16)22-14-17-7-9-21-18(13-17)25-10-4-8-23-25;/h4,7-10,13,16H,3,5-6,11-12,14-15H2,1-2H3,(H,20,22);1H. The zero-order valence-electron chi connectivity index (χ0n) is 16.0. The molecule has 0 saturated heterocycles. The summed E-state index contributed by atoms with van der Waals surface area (Å²) in [4.78, 5) is 11.2. The fraction of sp³-hybridized carbons (Fsp3) is 0.526. The molecule has 0 amide bonds. The van der Waals surface area contributed by atoms with E-state index in [9.17, 15) is 0 Å². The van der Waals surface area contributed by atoms with Gasteiger partial charge in [0.05, 0.1) is 13.2 Å². The van der Waals surface area contributed by atoms with Crippen LogP contribution in [-0.4, -0.2) is 59.0 Å². The summed E-state index contributed by atoms with van der Waals surface area (Å²) in [5, 5.41) is 7.57. The number of aromatic nitrogens is 3. The Hall–Kier alpha value is -1.68. The first-order valence-corrected chi connectivity index (χ1v) is 9.28. The molecule has 1 aliphatic carbocycles. The zero-order valence-corrected chi connectivity index (χ0v) is 18.4. The third-order valence-corrected chi connectivity index (χ3v) is 4.28. The quantitative estimate of drug-likeness (QED) is 0.257. The molecule has 8 heteroatoms. The normalized spacial score (nSPS) is 13.9. The van der Waals surface area contributed by atoms with Crippen LogP contribution in [0.5, 0.6) is 0 Å². The molecule has 1 fully saturated rings. The van der Waals surface area contributed by atoms with Crippen LogP contribution in [0.25, 0.3) is 5.82 Å². The van der Waals surface area contributed by atoms with Gasteiger partial charge < -0.3 is 15.0 Å². The van der Waals surface area contributed by atoms with Gasteiger partial charge in [0.1, 0.15) is 0 Å². The van der Waals surface area contributed by atoms with E-state index in [1.807, 2.05) is 31.4 Å². The summed E-state index contributed by atoms with van der Waals surface area (Å²) < 4.78 is 7.49. The van der Waals surface area contributed by atoms with Crippen molar-refractivity contribution < 1.29 is 4.74 Å². The van der Waals surface area contributed by atoms with Crippen LogP contribution in [-0.2, 0) is 11.3 Å². The highest BCUT2D eigenvalue weighted by Crippen LogP contribution is 2.28. The number of nitrogens with one attached hydrogen (secondary N) is 1. The first kappa shape index (κ1) is 21.6. The number of aliphatic imine (C=N–C) groups is 1. The van der Waals surface area contributed by atoms with E-state index in [0.29, 0.717) is 6.54 Å². The summed E-state index contributed by atoms with van der Waals surface area (Å²) in [7, 11) is 2.05. The molecule has 3 rings (SSSR count). The Morgan fingerprint density at radius 3 is 2.96 bits per heavy atom. The minimum Gasteiger partial charge on any atom is -0.379 e. The monoisotopic (exact) mass is 484 g/mol. The second kappa shape index (κ2) is 11.2. The Kier molecular flexibility index (Phi) is 8.99. The van der Waals surface area contributed by atoms with Gasteiger partial charge in [-0.05, 0) is 49.4 Å². The molecule has 2 aromatic heterocycles. The maximum Gasteiger partial charge on any atom is 0.194 e. The average molecular weight is 484 g/mol. The van der Waals surface area contributed by atoms with Gasteiger partial charge in [-0.3, -0.25) is 0 Å². The molecular weight excluding hydrogens is 455 g/mol. The van der Waals surface area contributed by atoms with Crippen molar-refractivity contribution >= 4 is 29.9 Å². The minimum absolute atomic E-state index is 0. The van der Waals surface area contributed by atoms with E-state index in [1.54, 1.807) is 17.1 Å². The van der Waals surface area contributed by atoms with Crippen molar-refractivity contribution in [3.8, 4) is 5.82 Å². The smallest absolute Gasteiger partial charge is 0.194 e. The highest BCUT2D eigenvalue weighted by Gasteiger charge is 2.21. The molecule has 0 unspecified atom stereocenters. The molecule has 7 nitrogen and oxygen atoms in total. The molecule has 148 valence electrons. The van der Waals surface area contributed by atoms with E-state index in [4.69, 9.17) is 9.73 Å². The number of pyridine rings is 1. The molecule has 2 aromatic rings. The molecule has 0 bridgehead atoms. The molecule has 0 aliphatic heterocycles. The molecule has 27 heavy (non-hydrogen) atoms. The lowest BCUT2D eigenvalue weighted by molar-refractivity contribution is 0.115. The predicted octanol–water partition coefficient (Wildman–Crippen LogP) is 2.71. The summed E-state index contributed by atoms with van der Waals surface area (Å²) in [6.07, 6.45) is 8.08. The number of rotatable bonds is 9. The molecule has 0 aromatic carbocycles. The SMILES string of the molecule is CCNC(=NCc1ccnc(-n2cccn2)c1)N(C)CCOCC1CC1.I.